The number of rotatable bonds is 8. The quantitative estimate of drug-likeness (QED) is 0.473. The van der Waals surface area contributed by atoms with Gasteiger partial charge in [-0.1, -0.05) is 33.6 Å². The van der Waals surface area contributed by atoms with E-state index in [4.69, 9.17) is 11.6 Å². The molecule has 0 aliphatic heterocycles. The van der Waals surface area contributed by atoms with Crippen LogP contribution < -0.4 is 5.32 Å². The highest BCUT2D eigenvalue weighted by molar-refractivity contribution is 6.17. The summed E-state index contributed by atoms with van der Waals surface area (Å²) >= 11 is 5.74. The predicted octanol–water partition coefficient (Wildman–Crippen LogP) is 3.42. The Labute approximate surface area is 88.2 Å². The van der Waals surface area contributed by atoms with E-state index in [2.05, 4.69) is 26.1 Å². The Morgan fingerprint density at radius 1 is 1.23 bits per heavy atom. The maximum Gasteiger partial charge on any atom is 0.0238 e. The zero-order valence-electron chi connectivity index (χ0n) is 9.28. The van der Waals surface area contributed by atoms with E-state index in [-0.39, 0.29) is 0 Å². The molecular formula is C11H24ClN. The molecule has 0 aromatic rings. The molecule has 13 heavy (non-hydrogen) atoms. The van der Waals surface area contributed by atoms with E-state index in [1.807, 2.05) is 0 Å². The van der Waals surface area contributed by atoms with E-state index < -0.39 is 0 Å². The second kappa shape index (κ2) is 8.83. The van der Waals surface area contributed by atoms with Crippen molar-refractivity contribution in [1.29, 1.82) is 0 Å². The fraction of sp³-hybridized carbons (Fsp3) is 1.00. The molecular weight excluding hydrogens is 182 g/mol. The number of hydrogen-bond donors (Lipinski definition) is 1. The first-order valence-electron chi connectivity index (χ1n) is 5.51. The van der Waals surface area contributed by atoms with Gasteiger partial charge in [0.15, 0.2) is 0 Å². The summed E-state index contributed by atoms with van der Waals surface area (Å²) in [5.74, 6) is 1.46. The average Bonchev–Trinajstić information content (AvgIpc) is 2.10. The fourth-order valence-corrected chi connectivity index (χ4v) is 1.69. The lowest BCUT2D eigenvalue weighted by molar-refractivity contribution is 0.386. The molecule has 0 rings (SSSR count). The van der Waals surface area contributed by atoms with Crippen LogP contribution in [0, 0.1) is 5.92 Å². The standard InChI is InChI=1S/C11H24ClN/c1-4-5-6-9-13-11(7-8-12)10(2)3/h10-11,13H,4-9H2,1-3H3. The van der Waals surface area contributed by atoms with Crippen molar-refractivity contribution in [1.82, 2.24) is 5.32 Å². The van der Waals surface area contributed by atoms with Gasteiger partial charge in [0.05, 0.1) is 0 Å². The molecule has 0 aliphatic carbocycles. The van der Waals surface area contributed by atoms with E-state index in [1.165, 1.54) is 19.3 Å². The van der Waals surface area contributed by atoms with E-state index in [1.54, 1.807) is 0 Å². The Bertz CT molecular complexity index is 104. The van der Waals surface area contributed by atoms with Crippen LogP contribution in [0.2, 0.25) is 0 Å². The van der Waals surface area contributed by atoms with Gasteiger partial charge in [0, 0.05) is 11.9 Å². The van der Waals surface area contributed by atoms with E-state index in [9.17, 15) is 0 Å². The van der Waals surface area contributed by atoms with Crippen LogP contribution in [0.3, 0.4) is 0 Å². The minimum Gasteiger partial charge on any atom is -0.314 e. The summed E-state index contributed by atoms with van der Waals surface area (Å²) in [5.41, 5.74) is 0. The van der Waals surface area contributed by atoms with Gasteiger partial charge >= 0.3 is 0 Å². The number of hydrogen-bond acceptors (Lipinski definition) is 1. The lowest BCUT2D eigenvalue weighted by atomic mass is 10.0. The van der Waals surface area contributed by atoms with Gasteiger partial charge in [0.1, 0.15) is 0 Å². The number of halogens is 1. The molecule has 0 heterocycles. The van der Waals surface area contributed by atoms with Crippen molar-refractivity contribution >= 4 is 11.6 Å². The van der Waals surface area contributed by atoms with Gasteiger partial charge in [-0.2, -0.15) is 0 Å². The van der Waals surface area contributed by atoms with Crippen LogP contribution in [0.1, 0.15) is 46.5 Å². The van der Waals surface area contributed by atoms with Crippen molar-refractivity contribution in [2.24, 2.45) is 5.92 Å². The maximum absolute atomic E-state index is 5.74. The van der Waals surface area contributed by atoms with Crippen LogP contribution in [0.5, 0.6) is 0 Å². The monoisotopic (exact) mass is 205 g/mol. The van der Waals surface area contributed by atoms with Gasteiger partial charge in [-0.3, -0.25) is 0 Å². The molecule has 80 valence electrons. The smallest absolute Gasteiger partial charge is 0.0238 e. The SMILES string of the molecule is CCCCCNC(CCCl)C(C)C. The van der Waals surface area contributed by atoms with E-state index in [0.717, 1.165) is 18.8 Å². The Balaban J connectivity index is 3.45. The Kier molecular flexibility index (Phi) is 9.00. The summed E-state index contributed by atoms with van der Waals surface area (Å²) in [6, 6.07) is 0.606. The molecule has 2 heteroatoms. The molecule has 0 fully saturated rings. The van der Waals surface area contributed by atoms with Crippen molar-refractivity contribution in [3.05, 3.63) is 0 Å². The molecule has 0 spiro atoms. The third-order valence-electron chi connectivity index (χ3n) is 2.41. The van der Waals surface area contributed by atoms with Crippen molar-refractivity contribution in [2.75, 3.05) is 12.4 Å². The second-order valence-corrected chi connectivity index (χ2v) is 4.37. The van der Waals surface area contributed by atoms with E-state index >= 15 is 0 Å². The van der Waals surface area contributed by atoms with Crippen LogP contribution in [-0.2, 0) is 0 Å². The topological polar surface area (TPSA) is 12.0 Å². The normalized spacial score (nSPS) is 13.6. The second-order valence-electron chi connectivity index (χ2n) is 3.99. The fourth-order valence-electron chi connectivity index (χ4n) is 1.45. The largest absolute Gasteiger partial charge is 0.314 e. The highest BCUT2D eigenvalue weighted by Crippen LogP contribution is 2.07. The molecule has 1 N–H and O–H groups in total. The molecule has 0 aliphatic rings. The van der Waals surface area contributed by atoms with Crippen molar-refractivity contribution in [3.63, 3.8) is 0 Å². The summed E-state index contributed by atoms with van der Waals surface area (Å²) in [5, 5.41) is 3.57. The Morgan fingerprint density at radius 3 is 2.38 bits per heavy atom. The van der Waals surface area contributed by atoms with Crippen molar-refractivity contribution in [2.45, 2.75) is 52.5 Å². The van der Waals surface area contributed by atoms with Gasteiger partial charge in [0.2, 0.25) is 0 Å². The summed E-state index contributed by atoms with van der Waals surface area (Å²) in [7, 11) is 0. The molecule has 0 amide bonds. The van der Waals surface area contributed by atoms with Crippen LogP contribution >= 0.6 is 11.6 Å². The number of alkyl halides is 1. The molecule has 0 radical (unpaired) electrons. The molecule has 1 nitrogen and oxygen atoms in total. The average molecular weight is 206 g/mol. The number of unbranched alkanes of at least 4 members (excludes halogenated alkanes) is 2. The molecule has 1 unspecified atom stereocenters. The lowest BCUT2D eigenvalue weighted by Crippen LogP contribution is -2.34. The Hall–Kier alpha value is 0.250. The van der Waals surface area contributed by atoms with Gasteiger partial charge < -0.3 is 5.32 Å². The van der Waals surface area contributed by atoms with Gasteiger partial charge in [-0.25, -0.2) is 0 Å². The van der Waals surface area contributed by atoms with Crippen LogP contribution in [-0.4, -0.2) is 18.5 Å². The summed E-state index contributed by atoms with van der Waals surface area (Å²) in [6.45, 7) is 7.89. The van der Waals surface area contributed by atoms with Gasteiger partial charge in [-0.05, 0) is 25.3 Å². The highest BCUT2D eigenvalue weighted by atomic mass is 35.5. The Morgan fingerprint density at radius 2 is 1.92 bits per heavy atom. The molecule has 0 aromatic heterocycles. The summed E-state index contributed by atoms with van der Waals surface area (Å²) in [6.07, 6.45) is 5.01. The zero-order chi connectivity index (χ0) is 10.1. The van der Waals surface area contributed by atoms with Crippen LogP contribution in [0.4, 0.5) is 0 Å². The summed E-state index contributed by atoms with van der Waals surface area (Å²) < 4.78 is 0. The summed E-state index contributed by atoms with van der Waals surface area (Å²) in [4.78, 5) is 0. The first-order valence-corrected chi connectivity index (χ1v) is 6.05. The third kappa shape index (κ3) is 7.33. The van der Waals surface area contributed by atoms with Gasteiger partial charge in [0.25, 0.3) is 0 Å². The lowest BCUT2D eigenvalue weighted by Gasteiger charge is -2.21. The first kappa shape index (κ1) is 13.2. The molecule has 0 saturated carbocycles. The molecule has 1 atom stereocenters. The first-order chi connectivity index (χ1) is 6.22. The third-order valence-corrected chi connectivity index (χ3v) is 2.63. The van der Waals surface area contributed by atoms with Crippen LogP contribution in [0.25, 0.3) is 0 Å². The molecule has 0 aromatic carbocycles. The molecule has 0 bridgehead atoms. The molecule has 0 saturated heterocycles. The number of nitrogens with one attached hydrogen (secondary N) is 1. The minimum atomic E-state index is 0.606. The minimum absolute atomic E-state index is 0.606. The predicted molar refractivity (Wildman–Crippen MR) is 61.5 cm³/mol. The van der Waals surface area contributed by atoms with Crippen molar-refractivity contribution in [3.8, 4) is 0 Å². The van der Waals surface area contributed by atoms with Gasteiger partial charge in [-0.15, -0.1) is 11.6 Å². The zero-order valence-corrected chi connectivity index (χ0v) is 10.0. The van der Waals surface area contributed by atoms with Crippen LogP contribution in [0.15, 0.2) is 0 Å². The maximum atomic E-state index is 5.74. The highest BCUT2D eigenvalue weighted by Gasteiger charge is 2.10. The van der Waals surface area contributed by atoms with E-state index in [0.29, 0.717) is 12.0 Å². The van der Waals surface area contributed by atoms with Crippen molar-refractivity contribution < 1.29 is 0 Å².